The molecule has 3 aromatic carbocycles. The highest BCUT2D eigenvalue weighted by Crippen LogP contribution is 2.59. The van der Waals surface area contributed by atoms with Crippen molar-refractivity contribution in [2.24, 2.45) is 5.73 Å². The first-order valence-corrected chi connectivity index (χ1v) is 12.2. The smallest absolute Gasteiger partial charge is 0.274 e. The van der Waals surface area contributed by atoms with Crippen molar-refractivity contribution in [3.05, 3.63) is 128 Å². The minimum absolute atomic E-state index is 0.125. The van der Waals surface area contributed by atoms with Crippen LogP contribution in [0.4, 0.5) is 5.13 Å². The monoisotopic (exact) mass is 482 g/mol. The Kier molecular flexibility index (Phi) is 4.84. The average molecular weight is 483 g/mol. The van der Waals surface area contributed by atoms with E-state index in [1.165, 1.54) is 11.3 Å². The van der Waals surface area contributed by atoms with Gasteiger partial charge in [0.2, 0.25) is 5.91 Å². The van der Waals surface area contributed by atoms with Crippen LogP contribution < -0.4 is 11.1 Å². The van der Waals surface area contributed by atoms with Gasteiger partial charge in [0.15, 0.2) is 5.13 Å². The first-order valence-electron chi connectivity index (χ1n) is 11.4. The molecule has 1 unspecified atom stereocenters. The molecule has 7 nitrogen and oxygen atoms in total. The highest BCUT2D eigenvalue weighted by molar-refractivity contribution is 7.13. The van der Waals surface area contributed by atoms with E-state index in [1.54, 1.807) is 24.3 Å². The van der Waals surface area contributed by atoms with Crippen molar-refractivity contribution in [1.29, 1.82) is 0 Å². The molecule has 4 aromatic rings. The van der Waals surface area contributed by atoms with Crippen LogP contribution in [0.3, 0.4) is 0 Å². The molecule has 1 aromatic heterocycles. The molecule has 1 heterocycles. The molecule has 174 valence electrons. The molecule has 0 spiro atoms. The number of hydrogen-bond acceptors (Lipinski definition) is 6. The zero-order chi connectivity index (χ0) is 24.2. The Bertz CT molecular complexity index is 1420. The lowest BCUT2D eigenvalue weighted by Gasteiger charge is -2.51. The first-order chi connectivity index (χ1) is 16.9. The predicted octanol–water partition coefficient (Wildman–Crippen LogP) is 4.44. The number of nitrogens with two attached hydrogens (primary N) is 1. The maximum atomic E-state index is 13.7. The number of carbonyl (C=O) groups is 1. The van der Waals surface area contributed by atoms with Gasteiger partial charge in [0.1, 0.15) is 5.54 Å². The molecule has 0 radical (unpaired) electrons. The Morgan fingerprint density at radius 1 is 1.03 bits per heavy atom. The van der Waals surface area contributed by atoms with Crippen molar-refractivity contribution in [3.8, 4) is 0 Å². The van der Waals surface area contributed by atoms with Gasteiger partial charge in [0.25, 0.3) is 5.54 Å². The van der Waals surface area contributed by atoms with E-state index in [1.807, 2.05) is 60.0 Å². The van der Waals surface area contributed by atoms with E-state index in [4.69, 9.17) is 5.73 Å². The molecule has 0 saturated carbocycles. The number of benzene rings is 3. The molecule has 3 aliphatic carbocycles. The topological polar surface area (TPSA) is 111 Å². The second-order valence-corrected chi connectivity index (χ2v) is 10.1. The average Bonchev–Trinajstić information content (AvgIpc) is 3.31. The lowest BCUT2D eigenvalue weighted by Crippen LogP contribution is -2.66. The number of amides is 1. The van der Waals surface area contributed by atoms with E-state index in [0.29, 0.717) is 22.7 Å². The third kappa shape index (κ3) is 3.14. The minimum Gasteiger partial charge on any atom is -0.316 e. The van der Waals surface area contributed by atoms with E-state index >= 15 is 0 Å². The summed E-state index contributed by atoms with van der Waals surface area (Å²) in [5.41, 5.74) is 8.43. The molecule has 35 heavy (non-hydrogen) atoms. The molecule has 2 bridgehead atoms. The fourth-order valence-corrected chi connectivity index (χ4v) is 6.48. The second-order valence-electron chi connectivity index (χ2n) is 9.20. The molecule has 1 amide bonds. The van der Waals surface area contributed by atoms with Crippen LogP contribution in [0.1, 0.15) is 45.8 Å². The third-order valence-electron chi connectivity index (χ3n) is 7.23. The van der Waals surface area contributed by atoms with Gasteiger partial charge in [0, 0.05) is 33.8 Å². The number of fused-ring (bicyclic) bond motifs is 1. The normalized spacial score (nSPS) is 23.9. The summed E-state index contributed by atoms with van der Waals surface area (Å²) in [7, 11) is 0. The number of nitrogens with zero attached hydrogens (tertiary/aromatic N) is 2. The summed E-state index contributed by atoms with van der Waals surface area (Å²) in [6, 6.07) is 24.5. The van der Waals surface area contributed by atoms with Crippen LogP contribution in [0, 0.1) is 10.1 Å². The van der Waals surface area contributed by atoms with Crippen LogP contribution in [0.5, 0.6) is 0 Å². The van der Waals surface area contributed by atoms with Gasteiger partial charge >= 0.3 is 0 Å². The number of carbonyl (C=O) groups excluding carboxylic acids is 1. The molecule has 3 N–H and O–H groups in total. The summed E-state index contributed by atoms with van der Waals surface area (Å²) in [6.07, 6.45) is 0.522. The number of nitrogens with one attached hydrogen (secondary N) is 1. The highest BCUT2D eigenvalue weighted by atomic mass is 32.1. The van der Waals surface area contributed by atoms with Crippen molar-refractivity contribution < 1.29 is 9.72 Å². The van der Waals surface area contributed by atoms with Gasteiger partial charge < -0.3 is 11.1 Å². The van der Waals surface area contributed by atoms with Crippen molar-refractivity contribution in [2.45, 2.75) is 29.8 Å². The molecular weight excluding hydrogens is 460 g/mol. The summed E-state index contributed by atoms with van der Waals surface area (Å²) < 4.78 is 0. The number of aromatic nitrogens is 1. The summed E-state index contributed by atoms with van der Waals surface area (Å²) in [5.74, 6) is -0.959. The van der Waals surface area contributed by atoms with Gasteiger partial charge in [-0.25, -0.2) is 4.98 Å². The SMILES string of the molecule is NC1(C(=O)Nc2nc(Cc3ccccc3)cs2)CC2([N+](=O)[O-])c3ccccc3C1c1ccccc12. The molecule has 7 rings (SSSR count). The summed E-state index contributed by atoms with van der Waals surface area (Å²) in [4.78, 5) is 30.7. The van der Waals surface area contributed by atoms with Crippen LogP contribution in [-0.4, -0.2) is 21.4 Å². The Balaban J connectivity index is 1.38. The Morgan fingerprint density at radius 3 is 2.26 bits per heavy atom. The maximum Gasteiger partial charge on any atom is 0.274 e. The molecule has 0 saturated heterocycles. The molecule has 3 aliphatic rings. The molecular formula is C27H22N4O3S. The molecule has 0 aliphatic heterocycles. The quantitative estimate of drug-likeness (QED) is 0.323. The van der Waals surface area contributed by atoms with Crippen molar-refractivity contribution >= 4 is 22.4 Å². The minimum atomic E-state index is -1.59. The Morgan fingerprint density at radius 2 is 1.63 bits per heavy atom. The van der Waals surface area contributed by atoms with Gasteiger partial charge in [-0.15, -0.1) is 11.3 Å². The molecule has 8 heteroatoms. The van der Waals surface area contributed by atoms with E-state index < -0.39 is 22.9 Å². The van der Waals surface area contributed by atoms with Gasteiger partial charge in [-0.3, -0.25) is 14.9 Å². The molecule has 0 fully saturated rings. The largest absolute Gasteiger partial charge is 0.316 e. The van der Waals surface area contributed by atoms with E-state index in [-0.39, 0.29) is 11.3 Å². The number of hydrogen-bond donors (Lipinski definition) is 2. The lowest BCUT2D eigenvalue weighted by molar-refractivity contribution is -0.571. The van der Waals surface area contributed by atoms with Crippen LogP contribution in [0.2, 0.25) is 0 Å². The third-order valence-corrected chi connectivity index (χ3v) is 8.04. The standard InChI is InChI=1S/C27H22N4O3S/c28-26(24(32)30-25-29-18(15-35-25)14-17-8-2-1-3-9-17)16-27(31(33)34)21-12-6-4-10-19(21)23(26)20-11-5-7-13-22(20)27/h1-13,15,23H,14,16,28H2,(H,29,30,32). The van der Waals surface area contributed by atoms with Crippen LogP contribution >= 0.6 is 11.3 Å². The lowest BCUT2D eigenvalue weighted by atomic mass is 9.52. The van der Waals surface area contributed by atoms with Gasteiger partial charge in [-0.1, -0.05) is 78.9 Å². The predicted molar refractivity (Wildman–Crippen MR) is 134 cm³/mol. The summed E-state index contributed by atoms with van der Waals surface area (Å²) >= 11 is 1.32. The first kappa shape index (κ1) is 21.6. The van der Waals surface area contributed by atoms with E-state index in [0.717, 1.165) is 22.4 Å². The van der Waals surface area contributed by atoms with Gasteiger partial charge in [-0.2, -0.15) is 0 Å². The van der Waals surface area contributed by atoms with Crippen LogP contribution in [0.25, 0.3) is 0 Å². The molecule has 1 atom stereocenters. The van der Waals surface area contributed by atoms with Crippen LogP contribution in [0.15, 0.2) is 84.2 Å². The number of rotatable bonds is 5. The van der Waals surface area contributed by atoms with E-state index in [9.17, 15) is 14.9 Å². The summed E-state index contributed by atoms with van der Waals surface area (Å²) in [6.45, 7) is 0. The second kappa shape index (κ2) is 7.83. The van der Waals surface area contributed by atoms with Gasteiger partial charge in [-0.05, 0) is 16.7 Å². The maximum absolute atomic E-state index is 13.7. The fourth-order valence-electron chi connectivity index (χ4n) is 5.77. The van der Waals surface area contributed by atoms with Crippen molar-refractivity contribution in [2.75, 3.05) is 5.32 Å². The summed E-state index contributed by atoms with van der Waals surface area (Å²) in [5, 5.41) is 17.9. The number of thiazole rings is 1. The zero-order valence-corrected chi connectivity index (χ0v) is 19.5. The van der Waals surface area contributed by atoms with E-state index in [2.05, 4.69) is 10.3 Å². The zero-order valence-electron chi connectivity index (χ0n) is 18.7. The van der Waals surface area contributed by atoms with Crippen LogP contribution in [-0.2, 0) is 16.8 Å². The highest BCUT2D eigenvalue weighted by Gasteiger charge is 2.67. The number of anilines is 1. The Labute approximate surface area is 205 Å². The fraction of sp³-hybridized carbons (Fsp3) is 0.185. The Hall–Kier alpha value is -3.88. The van der Waals surface area contributed by atoms with Gasteiger partial charge in [0.05, 0.1) is 12.1 Å². The number of nitro groups is 1. The van der Waals surface area contributed by atoms with Crippen molar-refractivity contribution in [3.63, 3.8) is 0 Å². The van der Waals surface area contributed by atoms with Crippen molar-refractivity contribution in [1.82, 2.24) is 4.98 Å².